The SMILES string of the molecule is CCCCCc1ccc2c(oc3c(C)c(OCC)ccc32)c1C. The van der Waals surface area contributed by atoms with E-state index in [2.05, 4.69) is 45.0 Å². The Bertz CT molecular complexity index is 827. The van der Waals surface area contributed by atoms with Crippen molar-refractivity contribution in [2.75, 3.05) is 6.61 Å². The molecule has 0 radical (unpaired) electrons. The summed E-state index contributed by atoms with van der Waals surface area (Å²) < 4.78 is 12.0. The summed E-state index contributed by atoms with van der Waals surface area (Å²) in [5.74, 6) is 0.917. The van der Waals surface area contributed by atoms with E-state index >= 15 is 0 Å². The second-order valence-electron chi connectivity index (χ2n) is 6.28. The molecule has 2 heteroatoms. The molecule has 3 aromatic rings. The zero-order valence-electron chi connectivity index (χ0n) is 14.7. The van der Waals surface area contributed by atoms with Crippen LogP contribution >= 0.6 is 0 Å². The minimum atomic E-state index is 0.674. The average molecular weight is 310 g/mol. The third-order valence-corrected chi connectivity index (χ3v) is 4.72. The summed E-state index contributed by atoms with van der Waals surface area (Å²) in [6.45, 7) is 9.19. The van der Waals surface area contributed by atoms with Gasteiger partial charge in [0.05, 0.1) is 6.61 Å². The zero-order chi connectivity index (χ0) is 16.4. The van der Waals surface area contributed by atoms with Crippen LogP contribution in [0, 0.1) is 13.8 Å². The van der Waals surface area contributed by atoms with Crippen LogP contribution in [0.4, 0.5) is 0 Å². The summed E-state index contributed by atoms with van der Waals surface area (Å²) >= 11 is 0. The molecule has 0 amide bonds. The standard InChI is InChI=1S/C21H26O2/c1-5-7-8-9-16-10-11-17-18-12-13-19(22-6-2)15(4)21(18)23-20(17)14(16)3/h10-13H,5-9H2,1-4H3. The smallest absolute Gasteiger partial charge is 0.142 e. The average Bonchev–Trinajstić information content (AvgIpc) is 2.93. The van der Waals surface area contributed by atoms with Gasteiger partial charge in [0.1, 0.15) is 16.9 Å². The van der Waals surface area contributed by atoms with Crippen LogP contribution in [0.25, 0.3) is 21.9 Å². The second kappa shape index (κ2) is 6.66. The van der Waals surface area contributed by atoms with Crippen LogP contribution in [-0.4, -0.2) is 6.61 Å². The van der Waals surface area contributed by atoms with E-state index in [1.807, 2.05) is 6.92 Å². The lowest BCUT2D eigenvalue weighted by Crippen LogP contribution is -1.93. The number of unbranched alkanes of at least 4 members (excludes halogenated alkanes) is 2. The lowest BCUT2D eigenvalue weighted by atomic mass is 9.99. The van der Waals surface area contributed by atoms with Crippen LogP contribution in [0.1, 0.15) is 49.8 Å². The molecule has 23 heavy (non-hydrogen) atoms. The molecule has 0 aliphatic heterocycles. The monoisotopic (exact) mass is 310 g/mol. The molecule has 2 aromatic carbocycles. The van der Waals surface area contributed by atoms with Crippen LogP contribution in [0.3, 0.4) is 0 Å². The summed E-state index contributed by atoms with van der Waals surface area (Å²) in [4.78, 5) is 0. The fraction of sp³-hybridized carbons (Fsp3) is 0.429. The van der Waals surface area contributed by atoms with Crippen molar-refractivity contribution in [3.8, 4) is 5.75 Å². The first-order chi connectivity index (χ1) is 11.2. The Morgan fingerprint density at radius 2 is 1.57 bits per heavy atom. The highest BCUT2D eigenvalue weighted by atomic mass is 16.5. The van der Waals surface area contributed by atoms with Gasteiger partial charge in [0, 0.05) is 16.3 Å². The molecule has 1 aromatic heterocycles. The lowest BCUT2D eigenvalue weighted by Gasteiger charge is -2.06. The Morgan fingerprint density at radius 3 is 2.26 bits per heavy atom. The molecule has 0 bridgehead atoms. The van der Waals surface area contributed by atoms with Gasteiger partial charge in [-0.05, 0) is 56.9 Å². The van der Waals surface area contributed by atoms with Crippen molar-refractivity contribution >= 4 is 21.9 Å². The Labute approximate surface area is 138 Å². The maximum atomic E-state index is 6.27. The molecule has 2 nitrogen and oxygen atoms in total. The largest absolute Gasteiger partial charge is 0.493 e. The van der Waals surface area contributed by atoms with Crippen molar-refractivity contribution < 1.29 is 9.15 Å². The molecule has 3 rings (SSSR count). The van der Waals surface area contributed by atoms with Crippen molar-refractivity contribution in [1.29, 1.82) is 0 Å². The summed E-state index contributed by atoms with van der Waals surface area (Å²) in [6.07, 6.45) is 4.92. The van der Waals surface area contributed by atoms with E-state index in [1.54, 1.807) is 0 Å². The molecule has 0 aliphatic rings. The van der Waals surface area contributed by atoms with Gasteiger partial charge in [0.25, 0.3) is 0 Å². The van der Waals surface area contributed by atoms with Crippen molar-refractivity contribution in [3.63, 3.8) is 0 Å². The fourth-order valence-corrected chi connectivity index (χ4v) is 3.34. The van der Waals surface area contributed by atoms with E-state index in [9.17, 15) is 0 Å². The quantitative estimate of drug-likeness (QED) is 0.496. The highest BCUT2D eigenvalue weighted by Crippen LogP contribution is 2.37. The van der Waals surface area contributed by atoms with Gasteiger partial charge in [-0.3, -0.25) is 0 Å². The van der Waals surface area contributed by atoms with Gasteiger partial charge in [-0.15, -0.1) is 0 Å². The molecule has 0 aliphatic carbocycles. The van der Waals surface area contributed by atoms with Gasteiger partial charge in [0.15, 0.2) is 0 Å². The summed E-state index contributed by atoms with van der Waals surface area (Å²) in [7, 11) is 0. The zero-order valence-corrected chi connectivity index (χ0v) is 14.7. The van der Waals surface area contributed by atoms with Crippen molar-refractivity contribution in [1.82, 2.24) is 0 Å². The van der Waals surface area contributed by atoms with E-state index in [0.29, 0.717) is 6.61 Å². The third-order valence-electron chi connectivity index (χ3n) is 4.72. The molecule has 122 valence electrons. The number of hydrogen-bond acceptors (Lipinski definition) is 2. The van der Waals surface area contributed by atoms with E-state index in [1.165, 1.54) is 41.2 Å². The highest BCUT2D eigenvalue weighted by Gasteiger charge is 2.15. The number of fused-ring (bicyclic) bond motifs is 3. The summed E-state index contributed by atoms with van der Waals surface area (Å²) in [5, 5.41) is 2.40. The summed E-state index contributed by atoms with van der Waals surface area (Å²) in [5.41, 5.74) is 5.78. The fourth-order valence-electron chi connectivity index (χ4n) is 3.34. The number of aryl methyl sites for hydroxylation is 3. The number of benzene rings is 2. The van der Waals surface area contributed by atoms with Crippen molar-refractivity contribution in [3.05, 3.63) is 41.0 Å². The topological polar surface area (TPSA) is 22.4 Å². The van der Waals surface area contributed by atoms with E-state index in [4.69, 9.17) is 9.15 Å². The summed E-state index contributed by atoms with van der Waals surface area (Å²) in [6, 6.07) is 8.67. The third kappa shape index (κ3) is 2.83. The molecule has 0 spiro atoms. The first-order valence-corrected chi connectivity index (χ1v) is 8.74. The Hall–Kier alpha value is -1.96. The normalized spacial score (nSPS) is 11.5. The number of ether oxygens (including phenoxy) is 1. The van der Waals surface area contributed by atoms with Gasteiger partial charge in [0.2, 0.25) is 0 Å². The molecule has 1 heterocycles. The molecular formula is C21H26O2. The van der Waals surface area contributed by atoms with Gasteiger partial charge in [-0.1, -0.05) is 31.9 Å². The van der Waals surface area contributed by atoms with Crippen LogP contribution < -0.4 is 4.74 Å². The van der Waals surface area contributed by atoms with Crippen molar-refractivity contribution in [2.45, 2.75) is 53.4 Å². The van der Waals surface area contributed by atoms with Crippen molar-refractivity contribution in [2.24, 2.45) is 0 Å². The van der Waals surface area contributed by atoms with E-state index in [-0.39, 0.29) is 0 Å². The van der Waals surface area contributed by atoms with Gasteiger partial charge in [-0.2, -0.15) is 0 Å². The van der Waals surface area contributed by atoms with Crippen LogP contribution in [0.15, 0.2) is 28.7 Å². The molecule has 0 N–H and O–H groups in total. The minimum Gasteiger partial charge on any atom is -0.493 e. The Kier molecular flexibility index (Phi) is 4.61. The number of hydrogen-bond donors (Lipinski definition) is 0. The van der Waals surface area contributed by atoms with E-state index in [0.717, 1.165) is 28.9 Å². The van der Waals surface area contributed by atoms with Crippen LogP contribution in [0.5, 0.6) is 5.75 Å². The Balaban J connectivity index is 2.11. The Morgan fingerprint density at radius 1 is 0.870 bits per heavy atom. The number of rotatable bonds is 6. The minimum absolute atomic E-state index is 0.674. The predicted molar refractivity (Wildman–Crippen MR) is 97.6 cm³/mol. The molecular weight excluding hydrogens is 284 g/mol. The molecule has 0 atom stereocenters. The molecule has 0 fully saturated rings. The molecule has 0 saturated heterocycles. The van der Waals surface area contributed by atoms with Gasteiger partial charge < -0.3 is 9.15 Å². The highest BCUT2D eigenvalue weighted by molar-refractivity contribution is 6.07. The number of furan rings is 1. The van der Waals surface area contributed by atoms with Crippen LogP contribution in [-0.2, 0) is 6.42 Å². The lowest BCUT2D eigenvalue weighted by molar-refractivity contribution is 0.338. The van der Waals surface area contributed by atoms with Gasteiger partial charge >= 0.3 is 0 Å². The maximum Gasteiger partial charge on any atom is 0.142 e. The second-order valence-corrected chi connectivity index (χ2v) is 6.28. The first kappa shape index (κ1) is 15.9. The first-order valence-electron chi connectivity index (χ1n) is 8.74. The van der Waals surface area contributed by atoms with E-state index < -0.39 is 0 Å². The molecule has 0 saturated carbocycles. The van der Waals surface area contributed by atoms with Gasteiger partial charge in [-0.25, -0.2) is 0 Å². The predicted octanol–water partition coefficient (Wildman–Crippen LogP) is 6.33. The van der Waals surface area contributed by atoms with Crippen LogP contribution in [0.2, 0.25) is 0 Å². The molecule has 0 unspecified atom stereocenters. The maximum absolute atomic E-state index is 6.27.